The molecule has 0 radical (unpaired) electrons. The number of anilines is 1. The van der Waals surface area contributed by atoms with Gasteiger partial charge >= 0.3 is 29.2 Å². The fourth-order valence-electron chi connectivity index (χ4n) is 10.9. The number of allylic oxidation sites excluding steroid dienone is 2. The van der Waals surface area contributed by atoms with Gasteiger partial charge in [0.1, 0.15) is 30.4 Å². The van der Waals surface area contributed by atoms with E-state index >= 15 is 0 Å². The van der Waals surface area contributed by atoms with Gasteiger partial charge < -0.3 is 49.3 Å². The summed E-state index contributed by atoms with van der Waals surface area (Å²) in [7, 11) is -15.3. The second kappa shape index (κ2) is 22.6. The lowest BCUT2D eigenvalue weighted by Crippen LogP contribution is -2.49. The Hall–Kier alpha value is -5.90. The normalized spacial score (nSPS) is 20.7. The van der Waals surface area contributed by atoms with E-state index in [1.165, 1.54) is 12.2 Å². The molecule has 0 spiro atoms. The van der Waals surface area contributed by atoms with Crippen LogP contribution < -0.4 is 41.4 Å². The maximum atomic E-state index is 14.7. The van der Waals surface area contributed by atoms with Gasteiger partial charge in [-0.1, -0.05) is 36.4 Å². The van der Waals surface area contributed by atoms with E-state index in [0.717, 1.165) is 79.1 Å². The highest BCUT2D eigenvalue weighted by atomic mass is 31.3. The lowest BCUT2D eigenvalue weighted by Gasteiger charge is -2.43. The predicted molar refractivity (Wildman–Crippen MR) is 294 cm³/mol. The first-order valence-electron chi connectivity index (χ1n) is 25.5. The predicted octanol–water partition coefficient (Wildman–Crippen LogP) is 5.29. The molecule has 79 heavy (non-hydrogen) atoms. The topological polar surface area (TPSA) is 309 Å². The van der Waals surface area contributed by atoms with Crippen LogP contribution in [0.5, 0.6) is 11.5 Å². The van der Waals surface area contributed by atoms with Crippen molar-refractivity contribution in [3.8, 4) is 11.5 Å². The number of carbonyl (C=O) groups excluding carboxylic acids is 2. The molecule has 8 rings (SSSR count). The molecular formula is C53H66N6O17P3+. The van der Waals surface area contributed by atoms with E-state index in [9.17, 15) is 47.8 Å². The third-order valence-electron chi connectivity index (χ3n) is 14.3. The van der Waals surface area contributed by atoms with E-state index in [2.05, 4.69) is 125 Å². The highest BCUT2D eigenvalue weighted by molar-refractivity contribution is 7.66. The summed E-state index contributed by atoms with van der Waals surface area (Å²) in [6.45, 7) is 18.2. The smallest absolute Gasteiger partial charge is 0.456 e. The SMILES string of the molecule is CCN1c2cc3c(cc2C(C)=CC1(C)C)C(c1ccccc1C(=O)N(C)CCCC(=O)NC/C=C/c1cn([C@H]2C[C@H](O)[C@@H](COP(=O)(O)OP(=O)(O)OP(=O)(O)O)O2)c(=O)[nH]c1=O)=c1cc2c(cc1O3)=[N+](CC)C(C)(C)C=C2C. The lowest BCUT2D eigenvalue weighted by atomic mass is 9.83. The summed E-state index contributed by atoms with van der Waals surface area (Å²) in [5, 5.41) is 15.2. The van der Waals surface area contributed by atoms with Gasteiger partial charge in [0.2, 0.25) is 11.3 Å². The number of aliphatic hydroxyl groups excluding tert-OH is 1. The molecule has 1 saturated heterocycles. The number of hydrogen-bond donors (Lipinski definition) is 7. The number of rotatable bonds is 19. The number of carbonyl (C=O) groups is 2. The average Bonchev–Trinajstić information content (AvgIpc) is 3.68. The summed E-state index contributed by atoms with van der Waals surface area (Å²) in [6, 6.07) is 16.2. The van der Waals surface area contributed by atoms with Gasteiger partial charge in [-0.05, 0) is 88.9 Å². The number of hydrogen-bond acceptors (Lipinski definition) is 14. The summed E-state index contributed by atoms with van der Waals surface area (Å²) >= 11 is 0. The molecule has 23 nitrogen and oxygen atoms in total. The van der Waals surface area contributed by atoms with Crippen LogP contribution in [0.3, 0.4) is 0 Å². The number of phosphoric acid groups is 3. The Morgan fingerprint density at radius 2 is 1.63 bits per heavy atom. The van der Waals surface area contributed by atoms with Crippen molar-refractivity contribution < 1.29 is 70.6 Å². The van der Waals surface area contributed by atoms with Crippen molar-refractivity contribution >= 4 is 63.8 Å². The first kappa shape index (κ1) is 59.2. The molecule has 0 aliphatic carbocycles. The molecule has 5 heterocycles. The van der Waals surface area contributed by atoms with E-state index < -0.39 is 59.8 Å². The van der Waals surface area contributed by atoms with Crippen LogP contribution >= 0.6 is 23.5 Å². The van der Waals surface area contributed by atoms with Crippen molar-refractivity contribution in [1.82, 2.24) is 24.3 Å². The summed E-state index contributed by atoms with van der Waals surface area (Å²) in [6.07, 6.45) is 4.45. The highest BCUT2D eigenvalue weighted by Crippen LogP contribution is 2.66. The van der Waals surface area contributed by atoms with Crippen molar-refractivity contribution in [3.63, 3.8) is 0 Å². The fourth-order valence-corrected chi connectivity index (χ4v) is 14.0. The number of aromatic nitrogens is 2. The molecule has 424 valence electrons. The Labute approximate surface area is 455 Å². The summed E-state index contributed by atoms with van der Waals surface area (Å²) in [5.74, 6) is 0.823. The van der Waals surface area contributed by atoms with Crippen LogP contribution in [-0.2, 0) is 36.4 Å². The van der Waals surface area contributed by atoms with Gasteiger partial charge in [0.05, 0.1) is 29.9 Å². The molecule has 5 atom stereocenters. The molecule has 26 heteroatoms. The van der Waals surface area contributed by atoms with Crippen LogP contribution in [0.4, 0.5) is 5.69 Å². The van der Waals surface area contributed by atoms with Crippen molar-refractivity contribution in [1.29, 1.82) is 0 Å². The third-order valence-corrected chi connectivity index (χ3v) is 18.1. The Balaban J connectivity index is 0.949. The number of phosphoric ester groups is 1. The van der Waals surface area contributed by atoms with Crippen LogP contribution in [0.25, 0.3) is 22.8 Å². The van der Waals surface area contributed by atoms with Crippen LogP contribution in [0.1, 0.15) is 119 Å². The minimum Gasteiger partial charge on any atom is -0.456 e. The first-order chi connectivity index (χ1) is 36.9. The molecular weight excluding hydrogens is 1090 g/mol. The summed E-state index contributed by atoms with van der Waals surface area (Å²) in [4.78, 5) is 96.0. The van der Waals surface area contributed by atoms with E-state index in [1.54, 1.807) is 11.9 Å². The highest BCUT2D eigenvalue weighted by Gasteiger charge is 2.43. The number of fused-ring (bicyclic) bond motifs is 4. The monoisotopic (exact) mass is 1150 g/mol. The van der Waals surface area contributed by atoms with E-state index in [1.807, 2.05) is 24.3 Å². The number of aromatic amines is 1. The van der Waals surface area contributed by atoms with Gasteiger partial charge in [-0.15, -0.1) is 0 Å². The van der Waals surface area contributed by atoms with Crippen LogP contribution in [0.15, 0.2) is 82.5 Å². The zero-order valence-electron chi connectivity index (χ0n) is 45.2. The average molecular weight is 1150 g/mol. The minimum atomic E-state index is -5.80. The van der Waals surface area contributed by atoms with Crippen LogP contribution in [-0.4, -0.2) is 114 Å². The number of likely N-dealkylation sites (N-methyl/N-ethyl adjacent to an activating group) is 2. The van der Waals surface area contributed by atoms with Crippen molar-refractivity contribution in [2.75, 3.05) is 44.7 Å². The van der Waals surface area contributed by atoms with Crippen LogP contribution in [0, 0.1) is 0 Å². The van der Waals surface area contributed by atoms with Gasteiger partial charge in [0, 0.05) is 104 Å². The Morgan fingerprint density at radius 3 is 2.33 bits per heavy atom. The number of aliphatic hydroxyl groups is 1. The second-order valence-corrected chi connectivity index (χ2v) is 25.2. The molecule has 7 N–H and O–H groups in total. The zero-order valence-corrected chi connectivity index (χ0v) is 47.8. The summed E-state index contributed by atoms with van der Waals surface area (Å²) < 4.78 is 62.5. The van der Waals surface area contributed by atoms with Gasteiger partial charge in [-0.2, -0.15) is 8.62 Å². The van der Waals surface area contributed by atoms with Gasteiger partial charge in [0.15, 0.2) is 5.54 Å². The number of benzene rings is 3. The molecule has 1 aromatic heterocycles. The standard InChI is InChI=1S/C53H65N6O17P3/c1-10-58-40-24-43-38(22-36(40)31(3)27-52(58,5)6)48(39-23-37-32(4)28-53(7,8)59(11-2)41(37)25-44(39)73-43)34-17-12-13-18-35(34)50(63)56(9)21-15-19-46(61)54-20-14-16-33-29-57(51(64)55-49(33)62)47-26-42(60)45(74-47)30-72-78(68,69)76-79(70,71)75-77(65,66)67/h12-14,16-18,22-25,27-29,42,45,47,60H,10-11,15,19-21,26,30H2,1-9H3,(H5-,54,55,61,62,64,65,66,67,68,69,70,71)/p+1/b16-14+/t42-,45+,47+/m0/s1. The molecule has 2 amide bonds. The Kier molecular flexibility index (Phi) is 16.9. The van der Waals surface area contributed by atoms with Crippen molar-refractivity contribution in [3.05, 3.63) is 138 Å². The molecule has 0 saturated carbocycles. The number of nitrogens with one attached hydrogen (secondary N) is 2. The molecule has 2 unspecified atom stereocenters. The molecule has 4 aromatic rings. The van der Waals surface area contributed by atoms with E-state index in [0.29, 0.717) is 23.5 Å². The van der Waals surface area contributed by atoms with Crippen molar-refractivity contribution in [2.45, 2.75) is 104 Å². The lowest BCUT2D eigenvalue weighted by molar-refractivity contribution is -0.121. The number of nitrogens with zero attached hydrogens (tertiary/aromatic N) is 4. The van der Waals surface area contributed by atoms with Gasteiger partial charge in [0.25, 0.3) is 11.5 Å². The summed E-state index contributed by atoms with van der Waals surface area (Å²) in [5.41, 5.74) is 6.26. The van der Waals surface area contributed by atoms with Crippen LogP contribution in [0.2, 0.25) is 0 Å². The Bertz CT molecular complexity index is 3640. The molecule has 0 bridgehead atoms. The molecule has 4 aliphatic rings. The number of H-pyrrole nitrogens is 1. The zero-order chi connectivity index (χ0) is 57.7. The fraction of sp³-hybridized carbons (Fsp3) is 0.415. The largest absolute Gasteiger partial charge is 0.490 e. The van der Waals surface area contributed by atoms with Crippen molar-refractivity contribution in [2.24, 2.45) is 0 Å². The van der Waals surface area contributed by atoms with Gasteiger partial charge in [-0.3, -0.25) is 28.5 Å². The second-order valence-electron chi connectivity index (χ2n) is 20.8. The molecule has 3 aromatic carbocycles. The minimum absolute atomic E-state index is 0.0222. The number of ether oxygens (including phenoxy) is 2. The van der Waals surface area contributed by atoms with Gasteiger partial charge in [-0.25, -0.2) is 23.1 Å². The molecule has 4 aliphatic heterocycles. The molecule has 1 fully saturated rings. The maximum Gasteiger partial charge on any atom is 0.490 e. The maximum absolute atomic E-state index is 14.7. The Morgan fingerprint density at radius 1 is 0.924 bits per heavy atom. The number of amides is 2. The third kappa shape index (κ3) is 12.8. The van der Waals surface area contributed by atoms with E-state index in [4.69, 9.17) is 19.3 Å². The first-order valence-corrected chi connectivity index (χ1v) is 30.1. The quantitative estimate of drug-likeness (QED) is 0.0408. The van der Waals surface area contributed by atoms with E-state index in [-0.39, 0.29) is 54.4 Å².